The molecule has 0 N–H and O–H groups in total. The van der Waals surface area contributed by atoms with E-state index < -0.39 is 5.97 Å². The Bertz CT molecular complexity index is 659. The van der Waals surface area contributed by atoms with Crippen LogP contribution in [0.15, 0.2) is 29.0 Å². The topological polar surface area (TPSA) is 87.3 Å². The van der Waals surface area contributed by atoms with Crippen molar-refractivity contribution in [3.63, 3.8) is 0 Å². The predicted molar refractivity (Wildman–Crippen MR) is 84.7 cm³/mol. The van der Waals surface area contributed by atoms with Crippen LogP contribution < -0.4 is 0 Å². The molecule has 1 saturated carbocycles. The van der Waals surface area contributed by atoms with Gasteiger partial charge in [0.1, 0.15) is 6.61 Å². The molecule has 1 aliphatic rings. The molecule has 7 heteroatoms. The second-order valence-electron chi connectivity index (χ2n) is 6.03. The standard InChI is InChI=1S/C17H21N3O4/c1-12-5-2-3-7-14(12)22-11-16(21)23-10-15-19-17(20-24-15)13-6-4-8-18-9-13/h4,6,8-9,12,14H,2-3,5,7,10-11H2,1H3/t12-,14+/m1/s1. The van der Waals surface area contributed by atoms with Crippen molar-refractivity contribution in [2.75, 3.05) is 6.61 Å². The summed E-state index contributed by atoms with van der Waals surface area (Å²) in [5, 5.41) is 3.85. The van der Waals surface area contributed by atoms with Crippen LogP contribution >= 0.6 is 0 Å². The van der Waals surface area contributed by atoms with Crippen molar-refractivity contribution < 1.29 is 18.8 Å². The third-order valence-corrected chi connectivity index (χ3v) is 4.19. The lowest BCUT2D eigenvalue weighted by Gasteiger charge is -2.28. The number of hydrogen-bond donors (Lipinski definition) is 0. The molecular weight excluding hydrogens is 310 g/mol. The van der Waals surface area contributed by atoms with Gasteiger partial charge in [-0.05, 0) is 30.9 Å². The summed E-state index contributed by atoms with van der Waals surface area (Å²) in [5.74, 6) is 0.730. The largest absolute Gasteiger partial charge is 0.454 e. The van der Waals surface area contributed by atoms with Crippen molar-refractivity contribution in [1.29, 1.82) is 0 Å². The summed E-state index contributed by atoms with van der Waals surface area (Å²) in [4.78, 5) is 20.0. The summed E-state index contributed by atoms with van der Waals surface area (Å²) >= 11 is 0. The van der Waals surface area contributed by atoms with Crippen LogP contribution in [-0.4, -0.2) is 33.8 Å². The van der Waals surface area contributed by atoms with E-state index in [1.54, 1.807) is 18.5 Å². The Labute approximate surface area is 140 Å². The Kier molecular flexibility index (Phi) is 5.53. The molecule has 0 aromatic carbocycles. The molecule has 0 aliphatic heterocycles. The molecule has 2 aromatic rings. The quantitative estimate of drug-likeness (QED) is 0.752. The zero-order valence-electron chi connectivity index (χ0n) is 13.7. The highest BCUT2D eigenvalue weighted by atomic mass is 16.6. The maximum absolute atomic E-state index is 11.8. The number of rotatable bonds is 6. The van der Waals surface area contributed by atoms with E-state index in [0.29, 0.717) is 11.7 Å². The second-order valence-corrected chi connectivity index (χ2v) is 6.03. The van der Waals surface area contributed by atoms with Crippen LogP contribution in [0.4, 0.5) is 0 Å². The van der Waals surface area contributed by atoms with Crippen LogP contribution in [0.3, 0.4) is 0 Å². The maximum atomic E-state index is 11.8. The third kappa shape index (κ3) is 4.38. The fraction of sp³-hybridized carbons (Fsp3) is 0.529. The molecule has 0 saturated heterocycles. The minimum atomic E-state index is -0.422. The molecule has 2 heterocycles. The van der Waals surface area contributed by atoms with Gasteiger partial charge < -0.3 is 14.0 Å². The fourth-order valence-corrected chi connectivity index (χ4v) is 2.81. The van der Waals surface area contributed by atoms with Gasteiger partial charge in [0.15, 0.2) is 6.61 Å². The van der Waals surface area contributed by atoms with Crippen molar-refractivity contribution in [2.45, 2.75) is 45.3 Å². The lowest BCUT2D eigenvalue weighted by atomic mass is 9.88. The van der Waals surface area contributed by atoms with Gasteiger partial charge in [0, 0.05) is 18.0 Å². The molecule has 2 aromatic heterocycles. The lowest BCUT2D eigenvalue weighted by Crippen LogP contribution is -2.28. The minimum Gasteiger partial charge on any atom is -0.454 e. The van der Waals surface area contributed by atoms with Gasteiger partial charge in [-0.25, -0.2) is 4.79 Å². The average molecular weight is 331 g/mol. The van der Waals surface area contributed by atoms with Crippen LogP contribution in [0.2, 0.25) is 0 Å². The zero-order valence-corrected chi connectivity index (χ0v) is 13.7. The molecular formula is C17H21N3O4. The molecule has 128 valence electrons. The molecule has 2 atom stereocenters. The first-order valence-corrected chi connectivity index (χ1v) is 8.22. The van der Waals surface area contributed by atoms with Gasteiger partial charge in [-0.15, -0.1) is 0 Å². The number of nitrogens with zero attached hydrogens (tertiary/aromatic N) is 3. The summed E-state index contributed by atoms with van der Waals surface area (Å²) < 4.78 is 15.9. The van der Waals surface area contributed by atoms with E-state index in [1.807, 2.05) is 6.07 Å². The Balaban J connectivity index is 1.44. The Morgan fingerprint density at radius 2 is 2.25 bits per heavy atom. The first-order chi connectivity index (χ1) is 11.7. The van der Waals surface area contributed by atoms with E-state index in [-0.39, 0.29) is 25.2 Å². The van der Waals surface area contributed by atoms with E-state index in [2.05, 4.69) is 22.0 Å². The summed E-state index contributed by atoms with van der Waals surface area (Å²) in [6.45, 7) is 2.06. The lowest BCUT2D eigenvalue weighted by molar-refractivity contribution is -0.155. The van der Waals surface area contributed by atoms with E-state index >= 15 is 0 Å². The monoisotopic (exact) mass is 331 g/mol. The van der Waals surface area contributed by atoms with E-state index in [1.165, 1.54) is 6.42 Å². The molecule has 0 radical (unpaired) electrons. The Hall–Kier alpha value is -2.28. The van der Waals surface area contributed by atoms with Crippen LogP contribution in [-0.2, 0) is 20.9 Å². The van der Waals surface area contributed by atoms with Crippen molar-refractivity contribution in [1.82, 2.24) is 15.1 Å². The summed E-state index contributed by atoms with van der Waals surface area (Å²) in [5.41, 5.74) is 0.744. The van der Waals surface area contributed by atoms with Gasteiger partial charge >= 0.3 is 5.97 Å². The smallest absolute Gasteiger partial charge is 0.332 e. The van der Waals surface area contributed by atoms with Crippen molar-refractivity contribution in [2.24, 2.45) is 5.92 Å². The molecule has 1 fully saturated rings. The third-order valence-electron chi connectivity index (χ3n) is 4.19. The number of esters is 1. The highest BCUT2D eigenvalue weighted by Crippen LogP contribution is 2.26. The first kappa shape index (κ1) is 16.6. The van der Waals surface area contributed by atoms with Gasteiger partial charge in [-0.3, -0.25) is 4.98 Å². The summed E-state index contributed by atoms with van der Waals surface area (Å²) in [6, 6.07) is 3.61. The summed E-state index contributed by atoms with van der Waals surface area (Å²) in [6.07, 6.45) is 8.00. The number of aromatic nitrogens is 3. The van der Waals surface area contributed by atoms with Crippen LogP contribution in [0.25, 0.3) is 11.4 Å². The number of carbonyl (C=O) groups is 1. The van der Waals surface area contributed by atoms with Crippen LogP contribution in [0, 0.1) is 5.92 Å². The van der Waals surface area contributed by atoms with Gasteiger partial charge in [0.05, 0.1) is 6.10 Å². The molecule has 0 spiro atoms. The molecule has 3 rings (SSSR count). The fourth-order valence-electron chi connectivity index (χ4n) is 2.81. The summed E-state index contributed by atoms with van der Waals surface area (Å²) in [7, 11) is 0. The van der Waals surface area contributed by atoms with E-state index in [4.69, 9.17) is 14.0 Å². The van der Waals surface area contributed by atoms with Gasteiger partial charge in [0.2, 0.25) is 5.82 Å². The number of pyridine rings is 1. The zero-order chi connectivity index (χ0) is 16.8. The highest BCUT2D eigenvalue weighted by molar-refractivity contribution is 5.70. The average Bonchev–Trinajstić information content (AvgIpc) is 3.09. The van der Waals surface area contributed by atoms with Crippen LogP contribution in [0.1, 0.15) is 38.5 Å². The Morgan fingerprint density at radius 3 is 3.04 bits per heavy atom. The molecule has 1 aliphatic carbocycles. The molecule has 24 heavy (non-hydrogen) atoms. The second kappa shape index (κ2) is 8.01. The van der Waals surface area contributed by atoms with Gasteiger partial charge in [-0.2, -0.15) is 4.98 Å². The van der Waals surface area contributed by atoms with Crippen molar-refractivity contribution in [3.05, 3.63) is 30.4 Å². The molecule has 0 amide bonds. The number of ether oxygens (including phenoxy) is 2. The SMILES string of the molecule is C[C@@H]1CCCC[C@@H]1OCC(=O)OCc1nc(-c2cccnc2)no1. The Morgan fingerprint density at radius 1 is 1.38 bits per heavy atom. The molecule has 0 unspecified atom stereocenters. The van der Waals surface area contributed by atoms with Gasteiger partial charge in [0.25, 0.3) is 5.89 Å². The first-order valence-electron chi connectivity index (χ1n) is 8.22. The highest BCUT2D eigenvalue weighted by Gasteiger charge is 2.23. The normalized spacial score (nSPS) is 20.7. The van der Waals surface area contributed by atoms with Crippen LogP contribution in [0.5, 0.6) is 0 Å². The minimum absolute atomic E-state index is 0.0430. The van der Waals surface area contributed by atoms with E-state index in [0.717, 1.165) is 24.8 Å². The number of hydrogen-bond acceptors (Lipinski definition) is 7. The molecule has 0 bridgehead atoms. The van der Waals surface area contributed by atoms with Gasteiger partial charge in [-0.1, -0.05) is 24.9 Å². The maximum Gasteiger partial charge on any atom is 0.332 e. The van der Waals surface area contributed by atoms with E-state index in [9.17, 15) is 4.79 Å². The predicted octanol–water partition coefficient (Wildman–Crippen LogP) is 2.77. The molecule has 7 nitrogen and oxygen atoms in total. The van der Waals surface area contributed by atoms with Crippen molar-refractivity contribution in [3.8, 4) is 11.4 Å². The van der Waals surface area contributed by atoms with Crippen molar-refractivity contribution >= 4 is 5.97 Å². The number of carbonyl (C=O) groups excluding carboxylic acids is 1.